The van der Waals surface area contributed by atoms with E-state index in [0.29, 0.717) is 36.4 Å². The molecule has 4 aliphatic rings. The molecule has 1 amide bonds. The lowest BCUT2D eigenvalue weighted by Crippen LogP contribution is -2.54. The highest BCUT2D eigenvalue weighted by Gasteiger charge is 2.61. The zero-order chi connectivity index (χ0) is 17.8. The second-order valence-electron chi connectivity index (χ2n) is 9.48. The van der Waals surface area contributed by atoms with Gasteiger partial charge in [0.1, 0.15) is 0 Å². The van der Waals surface area contributed by atoms with E-state index in [1.807, 2.05) is 6.08 Å². The van der Waals surface area contributed by atoms with Crippen molar-refractivity contribution in [2.45, 2.75) is 65.4 Å². The van der Waals surface area contributed by atoms with Gasteiger partial charge >= 0.3 is 0 Å². The number of hydrogen-bond acceptors (Lipinski definition) is 2. The predicted molar refractivity (Wildman–Crippen MR) is 99.7 cm³/mol. The molecular weight excluding hydrogens is 310 g/mol. The Bertz CT molecular complexity index is 611. The number of ether oxygens (including phenoxy) is 1. The molecular formula is C22H33NO2. The predicted octanol–water partition coefficient (Wildman–Crippen LogP) is 4.45. The van der Waals surface area contributed by atoms with Gasteiger partial charge in [0.15, 0.2) is 0 Å². The van der Waals surface area contributed by atoms with Crippen LogP contribution in [0.4, 0.5) is 0 Å². The first-order valence-corrected chi connectivity index (χ1v) is 10.1. The third-order valence-electron chi connectivity index (χ3n) is 8.26. The Morgan fingerprint density at radius 1 is 1.40 bits per heavy atom. The molecule has 25 heavy (non-hydrogen) atoms. The van der Waals surface area contributed by atoms with Gasteiger partial charge in [-0.25, -0.2) is 0 Å². The number of rotatable bonds is 3. The van der Waals surface area contributed by atoms with Crippen molar-refractivity contribution in [3.63, 3.8) is 0 Å². The van der Waals surface area contributed by atoms with Gasteiger partial charge in [-0.15, -0.1) is 6.58 Å². The quantitative estimate of drug-likeness (QED) is 0.769. The smallest absolute Gasteiger partial charge is 0.224 e. The molecule has 0 unspecified atom stereocenters. The maximum atomic E-state index is 11.9. The van der Waals surface area contributed by atoms with Crippen LogP contribution in [0.15, 0.2) is 24.4 Å². The van der Waals surface area contributed by atoms with Crippen LogP contribution in [0.25, 0.3) is 0 Å². The summed E-state index contributed by atoms with van der Waals surface area (Å²) in [5.74, 6) is 3.08. The number of fused-ring (bicyclic) bond motifs is 5. The molecule has 0 radical (unpaired) electrons. The first kappa shape index (κ1) is 17.3. The molecule has 0 bridgehead atoms. The normalized spacial score (nSPS) is 48.7. The van der Waals surface area contributed by atoms with Crippen molar-refractivity contribution in [3.05, 3.63) is 24.4 Å². The number of carbonyl (C=O) groups is 1. The second kappa shape index (κ2) is 5.97. The molecule has 138 valence electrons. The molecule has 1 N–H and O–H groups in total. The molecule has 0 aromatic heterocycles. The van der Waals surface area contributed by atoms with E-state index in [1.54, 1.807) is 0 Å². The highest BCUT2D eigenvalue weighted by molar-refractivity contribution is 5.79. The molecule has 3 aliphatic carbocycles. The molecule has 0 aromatic carbocycles. The molecule has 3 fully saturated rings. The number of nitrogens with one attached hydrogen (secondary N) is 1. The third-order valence-corrected chi connectivity index (χ3v) is 8.26. The summed E-state index contributed by atoms with van der Waals surface area (Å²) < 4.78 is 6.23. The molecule has 0 aromatic rings. The van der Waals surface area contributed by atoms with Crippen LogP contribution in [0, 0.1) is 34.5 Å². The topological polar surface area (TPSA) is 38.3 Å². The minimum Gasteiger partial charge on any atom is -0.374 e. The molecule has 1 aliphatic heterocycles. The van der Waals surface area contributed by atoms with Crippen molar-refractivity contribution in [2.24, 2.45) is 34.5 Å². The van der Waals surface area contributed by atoms with E-state index in [4.69, 9.17) is 4.74 Å². The lowest BCUT2D eigenvalue weighted by Gasteiger charge is -2.57. The monoisotopic (exact) mass is 343 g/mol. The molecule has 1 saturated heterocycles. The Balaban J connectivity index is 1.64. The van der Waals surface area contributed by atoms with Crippen molar-refractivity contribution < 1.29 is 9.53 Å². The van der Waals surface area contributed by atoms with Crippen molar-refractivity contribution in [3.8, 4) is 0 Å². The summed E-state index contributed by atoms with van der Waals surface area (Å²) in [5, 5.41) is 3.20. The Hall–Kier alpha value is -1.09. The van der Waals surface area contributed by atoms with Gasteiger partial charge in [-0.3, -0.25) is 4.79 Å². The van der Waals surface area contributed by atoms with Crippen LogP contribution < -0.4 is 5.32 Å². The van der Waals surface area contributed by atoms with Gasteiger partial charge < -0.3 is 10.1 Å². The summed E-state index contributed by atoms with van der Waals surface area (Å²) in [5.41, 5.74) is 1.68. The SMILES string of the molecule is C=CCO[C@H]1C[C@@H](C)[C@H]2[C@@H]3CC=C4NC(=O)CC[C@]4(C)[C@H]3CC[C@@]21C. The van der Waals surface area contributed by atoms with Crippen molar-refractivity contribution in [1.29, 1.82) is 0 Å². The van der Waals surface area contributed by atoms with Crippen LogP contribution in [0.1, 0.15) is 59.3 Å². The van der Waals surface area contributed by atoms with Crippen molar-refractivity contribution in [2.75, 3.05) is 6.61 Å². The van der Waals surface area contributed by atoms with Crippen LogP contribution >= 0.6 is 0 Å². The Kier molecular flexibility index (Phi) is 4.14. The van der Waals surface area contributed by atoms with E-state index in [-0.39, 0.29) is 11.3 Å². The zero-order valence-electron chi connectivity index (χ0n) is 16.0. The average Bonchev–Trinajstić information content (AvgIpc) is 2.84. The van der Waals surface area contributed by atoms with E-state index in [0.717, 1.165) is 24.7 Å². The van der Waals surface area contributed by atoms with Crippen LogP contribution in [0.5, 0.6) is 0 Å². The molecule has 3 heteroatoms. The first-order valence-electron chi connectivity index (χ1n) is 10.1. The van der Waals surface area contributed by atoms with Gasteiger partial charge in [0, 0.05) is 17.5 Å². The van der Waals surface area contributed by atoms with Gasteiger partial charge in [-0.2, -0.15) is 0 Å². The minimum atomic E-state index is 0.165. The van der Waals surface area contributed by atoms with E-state index in [9.17, 15) is 4.79 Å². The number of carbonyl (C=O) groups excluding carboxylic acids is 1. The Morgan fingerprint density at radius 2 is 2.20 bits per heavy atom. The number of hydrogen-bond donors (Lipinski definition) is 1. The lowest BCUT2D eigenvalue weighted by atomic mass is 9.49. The first-order chi connectivity index (χ1) is 11.9. The molecule has 2 saturated carbocycles. The molecule has 0 spiro atoms. The second-order valence-corrected chi connectivity index (χ2v) is 9.48. The summed E-state index contributed by atoms with van der Waals surface area (Å²) in [7, 11) is 0. The van der Waals surface area contributed by atoms with Crippen molar-refractivity contribution in [1.82, 2.24) is 5.32 Å². The fourth-order valence-corrected chi connectivity index (χ4v) is 7.12. The van der Waals surface area contributed by atoms with Gasteiger partial charge in [0.25, 0.3) is 0 Å². The fraction of sp³-hybridized carbons (Fsp3) is 0.773. The van der Waals surface area contributed by atoms with Gasteiger partial charge in [0.2, 0.25) is 5.91 Å². The number of piperidine rings is 1. The van der Waals surface area contributed by atoms with E-state index in [1.165, 1.54) is 25.0 Å². The summed E-state index contributed by atoms with van der Waals surface area (Å²) >= 11 is 0. The molecule has 7 atom stereocenters. The maximum Gasteiger partial charge on any atom is 0.224 e. The molecule has 1 heterocycles. The summed E-state index contributed by atoms with van der Waals surface area (Å²) in [6.07, 6.45) is 11.1. The van der Waals surface area contributed by atoms with E-state index >= 15 is 0 Å². The van der Waals surface area contributed by atoms with E-state index in [2.05, 4.69) is 38.7 Å². The highest BCUT2D eigenvalue weighted by Crippen LogP contribution is 2.65. The molecule has 3 nitrogen and oxygen atoms in total. The standard InChI is InChI=1S/C22H33NO2/c1-5-12-25-18-13-14(2)20-15-6-7-17-21(3,11-9-19(24)23-17)16(15)8-10-22(18,20)4/h5,7,14-16,18,20H,1,6,8-13H2,2-4H3,(H,23,24)/t14-,15-,16+,18+,20+,21-,22-/m1/s1. The lowest BCUT2D eigenvalue weighted by molar-refractivity contribution is -0.126. The van der Waals surface area contributed by atoms with Gasteiger partial charge in [-0.1, -0.05) is 32.9 Å². The Morgan fingerprint density at radius 3 is 2.96 bits per heavy atom. The van der Waals surface area contributed by atoms with Crippen LogP contribution in [0.3, 0.4) is 0 Å². The van der Waals surface area contributed by atoms with Crippen LogP contribution in [0.2, 0.25) is 0 Å². The Labute approximate surface area is 152 Å². The van der Waals surface area contributed by atoms with Gasteiger partial charge in [0.05, 0.1) is 12.7 Å². The maximum absolute atomic E-state index is 11.9. The van der Waals surface area contributed by atoms with E-state index < -0.39 is 0 Å². The summed E-state index contributed by atoms with van der Waals surface area (Å²) in [6, 6.07) is 0. The number of allylic oxidation sites excluding steroid dienone is 2. The van der Waals surface area contributed by atoms with Crippen LogP contribution in [-0.2, 0) is 9.53 Å². The zero-order valence-corrected chi connectivity index (χ0v) is 16.0. The van der Waals surface area contributed by atoms with Crippen LogP contribution in [-0.4, -0.2) is 18.6 Å². The minimum absolute atomic E-state index is 0.165. The van der Waals surface area contributed by atoms with Crippen molar-refractivity contribution >= 4 is 5.91 Å². The largest absolute Gasteiger partial charge is 0.374 e. The highest BCUT2D eigenvalue weighted by atomic mass is 16.5. The summed E-state index contributed by atoms with van der Waals surface area (Å²) in [4.78, 5) is 11.9. The fourth-order valence-electron chi connectivity index (χ4n) is 7.12. The number of amides is 1. The molecule has 4 rings (SSSR count). The summed E-state index contributed by atoms with van der Waals surface area (Å²) in [6.45, 7) is 11.8. The third kappa shape index (κ3) is 2.45. The average molecular weight is 344 g/mol. The van der Waals surface area contributed by atoms with Gasteiger partial charge in [-0.05, 0) is 61.2 Å².